The van der Waals surface area contributed by atoms with Crippen LogP contribution in [0.1, 0.15) is 25.5 Å². The minimum atomic E-state index is -1.11. The highest BCUT2D eigenvalue weighted by Crippen LogP contribution is 2.28. The molecule has 17 heavy (non-hydrogen) atoms. The van der Waals surface area contributed by atoms with Gasteiger partial charge in [-0.3, -0.25) is 0 Å². The van der Waals surface area contributed by atoms with Gasteiger partial charge in [0.15, 0.2) is 0 Å². The fourth-order valence-corrected chi connectivity index (χ4v) is 2.69. The van der Waals surface area contributed by atoms with Crippen LogP contribution in [0, 0.1) is 17.6 Å². The summed E-state index contributed by atoms with van der Waals surface area (Å²) in [5.74, 6) is 0.215. The second-order valence-electron chi connectivity index (χ2n) is 4.20. The summed E-state index contributed by atoms with van der Waals surface area (Å²) in [7, 11) is 0. The molecule has 1 unspecified atom stereocenters. The van der Waals surface area contributed by atoms with Crippen molar-refractivity contribution in [3.63, 3.8) is 0 Å². The van der Waals surface area contributed by atoms with Gasteiger partial charge in [0.1, 0.15) is 11.6 Å². The van der Waals surface area contributed by atoms with Gasteiger partial charge in [-0.25, -0.2) is 8.78 Å². The Kier molecular flexibility index (Phi) is 5.89. The Hall–Kier alpha value is -0.130. The predicted molar refractivity (Wildman–Crippen MR) is 71.2 cm³/mol. The molecule has 0 aliphatic heterocycles. The number of hydrogen-bond acceptors (Lipinski definition) is 2. The summed E-state index contributed by atoms with van der Waals surface area (Å²) in [4.78, 5) is 0. The van der Waals surface area contributed by atoms with Crippen LogP contribution in [0.5, 0.6) is 0 Å². The molecule has 0 fully saturated rings. The zero-order valence-electron chi connectivity index (χ0n) is 9.71. The van der Waals surface area contributed by atoms with Crippen molar-refractivity contribution in [1.29, 1.82) is 0 Å². The number of benzene rings is 1. The third kappa shape index (κ3) is 4.23. The summed E-state index contributed by atoms with van der Waals surface area (Å²) in [6.45, 7) is 4.11. The van der Waals surface area contributed by atoms with Crippen LogP contribution in [-0.4, -0.2) is 16.6 Å². The highest BCUT2D eigenvalue weighted by molar-refractivity contribution is 9.10. The first kappa shape index (κ1) is 14.9. The molecule has 5 heteroatoms. The van der Waals surface area contributed by atoms with Gasteiger partial charge in [-0.2, -0.15) is 11.8 Å². The highest BCUT2D eigenvalue weighted by atomic mass is 79.9. The molecule has 0 bridgehead atoms. The van der Waals surface area contributed by atoms with Gasteiger partial charge in [0, 0.05) is 5.75 Å². The van der Waals surface area contributed by atoms with E-state index in [4.69, 9.17) is 0 Å². The fraction of sp³-hybridized carbons (Fsp3) is 0.500. The van der Waals surface area contributed by atoms with Crippen molar-refractivity contribution in [1.82, 2.24) is 0 Å². The van der Waals surface area contributed by atoms with E-state index >= 15 is 0 Å². The Morgan fingerprint density at radius 3 is 2.53 bits per heavy atom. The maximum absolute atomic E-state index is 13.6. The summed E-state index contributed by atoms with van der Waals surface area (Å²) in [6, 6.07) is 2.45. The number of aliphatic hydroxyl groups excluding tert-OH is 1. The first-order chi connectivity index (χ1) is 7.93. The van der Waals surface area contributed by atoms with Crippen molar-refractivity contribution in [3.8, 4) is 0 Å². The lowest BCUT2D eigenvalue weighted by Gasteiger charge is -2.14. The standard InChI is InChI=1S/C12H15BrF2OS/c1-7(2)5-17-6-10(16)11-9(14)4-3-8(13)12(11)15/h3-4,7,10,16H,5-6H2,1-2H3. The van der Waals surface area contributed by atoms with E-state index in [1.807, 2.05) is 0 Å². The second kappa shape index (κ2) is 6.71. The van der Waals surface area contributed by atoms with Gasteiger partial charge >= 0.3 is 0 Å². The minimum absolute atomic E-state index is 0.168. The second-order valence-corrected chi connectivity index (χ2v) is 6.13. The van der Waals surface area contributed by atoms with Gasteiger partial charge < -0.3 is 5.11 Å². The van der Waals surface area contributed by atoms with E-state index in [1.54, 1.807) is 0 Å². The monoisotopic (exact) mass is 324 g/mol. The van der Waals surface area contributed by atoms with E-state index < -0.39 is 17.7 Å². The van der Waals surface area contributed by atoms with Crippen molar-refractivity contribution in [3.05, 3.63) is 33.8 Å². The van der Waals surface area contributed by atoms with Crippen molar-refractivity contribution >= 4 is 27.7 Å². The summed E-state index contributed by atoms with van der Waals surface area (Å²) in [5, 5.41) is 9.80. The van der Waals surface area contributed by atoms with E-state index in [1.165, 1.54) is 17.8 Å². The molecule has 0 aromatic heterocycles. The molecule has 1 rings (SSSR count). The average Bonchev–Trinajstić information content (AvgIpc) is 2.23. The van der Waals surface area contributed by atoms with E-state index in [9.17, 15) is 13.9 Å². The van der Waals surface area contributed by atoms with E-state index in [2.05, 4.69) is 29.8 Å². The molecule has 0 saturated carbocycles. The van der Waals surface area contributed by atoms with Crippen LogP contribution >= 0.6 is 27.7 Å². The third-order valence-corrected chi connectivity index (χ3v) is 4.21. The molecule has 1 N–H and O–H groups in total. The molecule has 1 aromatic rings. The molecular formula is C12H15BrF2OS. The largest absolute Gasteiger partial charge is 0.387 e. The molecule has 0 radical (unpaired) electrons. The SMILES string of the molecule is CC(C)CSCC(O)c1c(F)ccc(Br)c1F. The Bertz CT molecular complexity index is 385. The third-order valence-electron chi connectivity index (χ3n) is 2.14. The van der Waals surface area contributed by atoms with E-state index in [0.717, 1.165) is 11.8 Å². The quantitative estimate of drug-likeness (QED) is 0.821. The van der Waals surface area contributed by atoms with Crippen LogP contribution in [0.25, 0.3) is 0 Å². The molecule has 96 valence electrons. The number of hydrogen-bond donors (Lipinski definition) is 1. The number of rotatable bonds is 5. The van der Waals surface area contributed by atoms with E-state index in [-0.39, 0.29) is 10.0 Å². The van der Waals surface area contributed by atoms with Crippen LogP contribution in [-0.2, 0) is 0 Å². The van der Waals surface area contributed by atoms with Crippen LogP contribution in [0.4, 0.5) is 8.78 Å². The molecule has 0 aliphatic carbocycles. The Morgan fingerprint density at radius 1 is 1.29 bits per heavy atom. The number of aliphatic hydroxyl groups is 1. The van der Waals surface area contributed by atoms with Gasteiger partial charge in [0.05, 0.1) is 16.1 Å². The fourth-order valence-electron chi connectivity index (χ4n) is 1.35. The van der Waals surface area contributed by atoms with Crippen LogP contribution in [0.3, 0.4) is 0 Å². The van der Waals surface area contributed by atoms with Gasteiger partial charge in [-0.15, -0.1) is 0 Å². The van der Waals surface area contributed by atoms with Gasteiger partial charge in [-0.05, 0) is 39.7 Å². The van der Waals surface area contributed by atoms with Gasteiger partial charge in [0.25, 0.3) is 0 Å². The molecule has 0 spiro atoms. The zero-order valence-corrected chi connectivity index (χ0v) is 12.1. The minimum Gasteiger partial charge on any atom is -0.387 e. The van der Waals surface area contributed by atoms with Gasteiger partial charge in [-0.1, -0.05) is 13.8 Å². The first-order valence-corrected chi connectivity index (χ1v) is 7.27. The van der Waals surface area contributed by atoms with Crippen molar-refractivity contribution in [2.75, 3.05) is 11.5 Å². The Balaban J connectivity index is 2.74. The summed E-state index contributed by atoms with van der Waals surface area (Å²) in [5.41, 5.74) is -0.254. The zero-order chi connectivity index (χ0) is 13.0. The summed E-state index contributed by atoms with van der Waals surface area (Å²) >= 11 is 4.47. The van der Waals surface area contributed by atoms with Crippen LogP contribution in [0.2, 0.25) is 0 Å². The first-order valence-electron chi connectivity index (χ1n) is 5.32. The number of halogens is 3. The molecule has 0 saturated heterocycles. The number of thioether (sulfide) groups is 1. The van der Waals surface area contributed by atoms with E-state index in [0.29, 0.717) is 11.7 Å². The molecule has 1 aromatic carbocycles. The highest BCUT2D eigenvalue weighted by Gasteiger charge is 2.20. The van der Waals surface area contributed by atoms with Crippen molar-refractivity contribution in [2.45, 2.75) is 20.0 Å². The maximum Gasteiger partial charge on any atom is 0.146 e. The average molecular weight is 325 g/mol. The Morgan fingerprint density at radius 2 is 1.94 bits per heavy atom. The molecular weight excluding hydrogens is 310 g/mol. The topological polar surface area (TPSA) is 20.2 Å². The lowest BCUT2D eigenvalue weighted by Crippen LogP contribution is -2.08. The molecule has 0 aliphatic rings. The molecule has 0 heterocycles. The summed E-state index contributed by atoms with van der Waals surface area (Å²) < 4.78 is 27.2. The van der Waals surface area contributed by atoms with Crippen molar-refractivity contribution in [2.24, 2.45) is 5.92 Å². The molecule has 1 atom stereocenters. The van der Waals surface area contributed by atoms with Crippen LogP contribution < -0.4 is 0 Å². The van der Waals surface area contributed by atoms with Gasteiger partial charge in [0.2, 0.25) is 0 Å². The lowest BCUT2D eigenvalue weighted by atomic mass is 10.1. The smallest absolute Gasteiger partial charge is 0.146 e. The van der Waals surface area contributed by atoms with Crippen LogP contribution in [0.15, 0.2) is 16.6 Å². The normalized spacial score (nSPS) is 13.1. The Labute approximate surface area is 113 Å². The predicted octanol–water partition coefficient (Wildman–Crippen LogP) is 4.15. The van der Waals surface area contributed by atoms with Crippen molar-refractivity contribution < 1.29 is 13.9 Å². The summed E-state index contributed by atoms with van der Waals surface area (Å²) in [6.07, 6.45) is -1.11. The maximum atomic E-state index is 13.6. The molecule has 0 amide bonds. The molecule has 1 nitrogen and oxygen atoms in total. The lowest BCUT2D eigenvalue weighted by molar-refractivity contribution is 0.193.